The van der Waals surface area contributed by atoms with Crippen LogP contribution in [0.5, 0.6) is 0 Å². The smallest absolute Gasteiger partial charge is 0.325 e. The summed E-state index contributed by atoms with van der Waals surface area (Å²) < 4.78 is 0. The van der Waals surface area contributed by atoms with Gasteiger partial charge in [-0.3, -0.25) is 19.3 Å². The summed E-state index contributed by atoms with van der Waals surface area (Å²) in [6, 6.07) is 6.35. The maximum absolute atomic E-state index is 13.0. The molecule has 1 spiro atoms. The van der Waals surface area contributed by atoms with Crippen molar-refractivity contribution in [1.29, 1.82) is 0 Å². The monoisotopic (exact) mass is 398 g/mol. The van der Waals surface area contributed by atoms with Crippen LogP contribution in [-0.4, -0.2) is 46.8 Å². The van der Waals surface area contributed by atoms with Crippen molar-refractivity contribution in [2.75, 3.05) is 11.9 Å². The molecule has 3 fully saturated rings. The van der Waals surface area contributed by atoms with Gasteiger partial charge in [0.15, 0.2) is 0 Å². The van der Waals surface area contributed by atoms with Crippen molar-refractivity contribution < 1.29 is 19.2 Å². The summed E-state index contributed by atoms with van der Waals surface area (Å²) in [5.41, 5.74) is 0.0297. The van der Waals surface area contributed by atoms with E-state index in [1.54, 1.807) is 24.3 Å². The van der Waals surface area contributed by atoms with E-state index in [-0.39, 0.29) is 30.3 Å². The largest absolute Gasteiger partial charge is 0.349 e. The van der Waals surface area contributed by atoms with Gasteiger partial charge in [-0.05, 0) is 49.8 Å². The predicted molar refractivity (Wildman–Crippen MR) is 106 cm³/mol. The Hall–Kier alpha value is -2.90. The van der Waals surface area contributed by atoms with Crippen molar-refractivity contribution in [1.82, 2.24) is 15.5 Å². The van der Waals surface area contributed by atoms with Crippen LogP contribution in [0.15, 0.2) is 24.3 Å². The van der Waals surface area contributed by atoms with E-state index in [0.29, 0.717) is 17.7 Å². The molecule has 1 aromatic carbocycles. The standard InChI is InChI=1S/C21H26N4O4/c1-13-5-2-3-10-21(13)19(28)25(20(29)24-21)12-17(26)22-16-7-4-6-14(11-16)18(27)23-15-8-9-15/h4,6-7,11,13,15H,2-3,5,8-10,12H2,1H3,(H,22,26)(H,23,27)(H,24,29)/t13-,21+/m1/s1. The molecule has 1 aromatic rings. The lowest BCUT2D eigenvalue weighted by molar-refractivity contribution is -0.136. The minimum atomic E-state index is -0.879. The quantitative estimate of drug-likeness (QED) is 0.660. The van der Waals surface area contributed by atoms with E-state index in [0.717, 1.165) is 37.0 Å². The number of benzene rings is 1. The summed E-state index contributed by atoms with van der Waals surface area (Å²) in [4.78, 5) is 51.0. The van der Waals surface area contributed by atoms with Crippen molar-refractivity contribution in [2.24, 2.45) is 5.92 Å². The molecular weight excluding hydrogens is 372 g/mol. The van der Waals surface area contributed by atoms with Gasteiger partial charge in [0.25, 0.3) is 11.8 Å². The van der Waals surface area contributed by atoms with Gasteiger partial charge in [-0.1, -0.05) is 25.8 Å². The highest BCUT2D eigenvalue weighted by atomic mass is 16.2. The average Bonchev–Trinajstić information content (AvgIpc) is 3.47. The van der Waals surface area contributed by atoms with E-state index >= 15 is 0 Å². The van der Waals surface area contributed by atoms with E-state index in [1.807, 2.05) is 6.92 Å². The third-order valence-electron chi connectivity index (χ3n) is 6.12. The molecule has 3 aliphatic rings. The van der Waals surface area contributed by atoms with Crippen molar-refractivity contribution in [3.05, 3.63) is 29.8 Å². The molecule has 8 heteroatoms. The van der Waals surface area contributed by atoms with Gasteiger partial charge in [0.05, 0.1) is 0 Å². The normalized spacial score (nSPS) is 26.4. The van der Waals surface area contributed by atoms with E-state index in [9.17, 15) is 19.2 Å². The number of urea groups is 1. The zero-order valence-electron chi connectivity index (χ0n) is 16.5. The lowest BCUT2D eigenvalue weighted by Crippen LogP contribution is -2.54. The third kappa shape index (κ3) is 3.83. The molecular formula is C21H26N4O4. The highest BCUT2D eigenvalue weighted by Crippen LogP contribution is 2.38. The molecule has 154 valence electrons. The van der Waals surface area contributed by atoms with Crippen LogP contribution in [0.3, 0.4) is 0 Å². The Balaban J connectivity index is 1.40. The molecule has 3 N–H and O–H groups in total. The molecule has 1 saturated heterocycles. The first kappa shape index (κ1) is 19.4. The first-order valence-corrected chi connectivity index (χ1v) is 10.2. The number of nitrogens with zero attached hydrogens (tertiary/aromatic N) is 1. The average molecular weight is 398 g/mol. The van der Waals surface area contributed by atoms with Gasteiger partial charge in [0, 0.05) is 17.3 Å². The summed E-state index contributed by atoms with van der Waals surface area (Å²) in [7, 11) is 0. The fourth-order valence-corrected chi connectivity index (χ4v) is 4.22. The summed E-state index contributed by atoms with van der Waals surface area (Å²) in [6.07, 6.45) is 5.39. The van der Waals surface area contributed by atoms with Crippen LogP contribution in [0.2, 0.25) is 0 Å². The van der Waals surface area contributed by atoms with E-state index in [2.05, 4.69) is 16.0 Å². The maximum Gasteiger partial charge on any atom is 0.325 e. The zero-order chi connectivity index (χ0) is 20.6. The number of carbonyl (C=O) groups is 4. The molecule has 4 rings (SSSR count). The molecule has 8 nitrogen and oxygen atoms in total. The summed E-state index contributed by atoms with van der Waals surface area (Å²) in [6.45, 7) is 1.62. The predicted octanol–water partition coefficient (Wildman–Crippen LogP) is 2.02. The van der Waals surface area contributed by atoms with Crippen molar-refractivity contribution in [3.63, 3.8) is 0 Å². The van der Waals surface area contributed by atoms with Crippen molar-refractivity contribution in [3.8, 4) is 0 Å². The Morgan fingerprint density at radius 1 is 1.21 bits per heavy atom. The highest BCUT2D eigenvalue weighted by molar-refractivity contribution is 6.10. The van der Waals surface area contributed by atoms with Gasteiger partial charge in [-0.2, -0.15) is 0 Å². The van der Waals surface area contributed by atoms with Gasteiger partial charge < -0.3 is 16.0 Å². The van der Waals surface area contributed by atoms with Gasteiger partial charge >= 0.3 is 6.03 Å². The number of nitrogens with one attached hydrogen (secondary N) is 3. The Kier molecular flexibility index (Phi) is 5.02. The SMILES string of the molecule is C[C@@H]1CCCC[C@]12NC(=O)N(CC(=O)Nc1cccc(C(=O)NC3CC3)c1)C2=O. The van der Waals surface area contributed by atoms with Crippen LogP contribution in [0.25, 0.3) is 0 Å². The number of hydrogen-bond acceptors (Lipinski definition) is 4. The van der Waals surface area contributed by atoms with Gasteiger partial charge in [0.1, 0.15) is 12.1 Å². The van der Waals surface area contributed by atoms with Crippen LogP contribution >= 0.6 is 0 Å². The van der Waals surface area contributed by atoms with E-state index in [1.165, 1.54) is 0 Å². The van der Waals surface area contributed by atoms with E-state index < -0.39 is 17.5 Å². The second-order valence-corrected chi connectivity index (χ2v) is 8.32. The number of rotatable bonds is 5. The number of hydrogen-bond donors (Lipinski definition) is 3. The minimum Gasteiger partial charge on any atom is -0.349 e. The molecule has 0 unspecified atom stereocenters. The molecule has 5 amide bonds. The lowest BCUT2D eigenvalue weighted by atomic mass is 9.73. The number of imide groups is 1. The molecule has 2 aliphatic carbocycles. The fraction of sp³-hybridized carbons (Fsp3) is 0.524. The Morgan fingerprint density at radius 3 is 2.72 bits per heavy atom. The summed E-state index contributed by atoms with van der Waals surface area (Å²) >= 11 is 0. The molecule has 0 aromatic heterocycles. The van der Waals surface area contributed by atoms with Crippen LogP contribution in [-0.2, 0) is 9.59 Å². The first-order valence-electron chi connectivity index (χ1n) is 10.2. The molecule has 1 aliphatic heterocycles. The van der Waals surface area contributed by atoms with Crippen molar-refractivity contribution >= 4 is 29.4 Å². The third-order valence-corrected chi connectivity index (χ3v) is 6.12. The van der Waals surface area contributed by atoms with Crippen LogP contribution < -0.4 is 16.0 Å². The second kappa shape index (κ2) is 7.50. The molecule has 1 heterocycles. The van der Waals surface area contributed by atoms with Crippen LogP contribution in [0, 0.1) is 5.92 Å². The Morgan fingerprint density at radius 2 is 2.00 bits per heavy atom. The molecule has 29 heavy (non-hydrogen) atoms. The van der Waals surface area contributed by atoms with Gasteiger partial charge in [0.2, 0.25) is 5.91 Å². The van der Waals surface area contributed by atoms with Crippen molar-refractivity contribution in [2.45, 2.75) is 57.0 Å². The van der Waals surface area contributed by atoms with Gasteiger partial charge in [-0.25, -0.2) is 4.79 Å². The Bertz CT molecular complexity index is 866. The van der Waals surface area contributed by atoms with Crippen LogP contribution in [0.4, 0.5) is 10.5 Å². The van der Waals surface area contributed by atoms with Gasteiger partial charge in [-0.15, -0.1) is 0 Å². The Labute approximate surface area is 169 Å². The maximum atomic E-state index is 13.0. The second-order valence-electron chi connectivity index (χ2n) is 8.32. The summed E-state index contributed by atoms with van der Waals surface area (Å²) in [5.74, 6) is -0.926. The number of carbonyl (C=O) groups excluding carboxylic acids is 4. The first-order chi connectivity index (χ1) is 13.9. The lowest BCUT2D eigenvalue weighted by Gasteiger charge is -2.36. The minimum absolute atomic E-state index is 0.0439. The molecule has 2 atom stereocenters. The molecule has 0 radical (unpaired) electrons. The molecule has 2 saturated carbocycles. The molecule has 0 bridgehead atoms. The van der Waals surface area contributed by atoms with Crippen LogP contribution in [0.1, 0.15) is 55.8 Å². The van der Waals surface area contributed by atoms with E-state index in [4.69, 9.17) is 0 Å². The topological polar surface area (TPSA) is 108 Å². The summed E-state index contributed by atoms with van der Waals surface area (Å²) in [5, 5.41) is 8.43. The fourth-order valence-electron chi connectivity index (χ4n) is 4.22. The number of amides is 5. The highest BCUT2D eigenvalue weighted by Gasteiger charge is 2.55. The zero-order valence-corrected chi connectivity index (χ0v) is 16.5. The number of anilines is 1.